The van der Waals surface area contributed by atoms with Crippen LogP contribution in [0.3, 0.4) is 0 Å². The molecular formula is C11H15N5. The average Bonchev–Trinajstić information content (AvgIpc) is 3.11. The molecule has 0 aromatic heterocycles. The third-order valence-corrected chi connectivity index (χ3v) is 3.08. The van der Waals surface area contributed by atoms with Crippen LogP contribution >= 0.6 is 0 Å². The fourth-order valence-electron chi connectivity index (χ4n) is 1.81. The summed E-state index contributed by atoms with van der Waals surface area (Å²) in [4.78, 5) is 3.96. The second kappa shape index (κ2) is 4.02. The Morgan fingerprint density at radius 3 is 2.38 bits per heavy atom. The van der Waals surface area contributed by atoms with E-state index in [1.54, 1.807) is 0 Å². The zero-order valence-electron chi connectivity index (χ0n) is 8.98. The highest BCUT2D eigenvalue weighted by Crippen LogP contribution is 2.47. The molecule has 0 amide bonds. The summed E-state index contributed by atoms with van der Waals surface area (Å²) >= 11 is 0. The topological polar surface area (TPSA) is 101 Å². The van der Waals surface area contributed by atoms with Crippen LogP contribution in [0, 0.1) is 5.53 Å². The smallest absolute Gasteiger partial charge is 0.239 e. The van der Waals surface area contributed by atoms with Gasteiger partial charge in [0.2, 0.25) is 5.96 Å². The first-order valence-corrected chi connectivity index (χ1v) is 5.22. The molecule has 5 N–H and O–H groups in total. The monoisotopic (exact) mass is 217 g/mol. The van der Waals surface area contributed by atoms with Crippen molar-refractivity contribution in [1.82, 2.24) is 0 Å². The van der Waals surface area contributed by atoms with Crippen LogP contribution in [-0.4, -0.2) is 12.5 Å². The van der Waals surface area contributed by atoms with E-state index in [0.29, 0.717) is 12.2 Å². The molecule has 1 aliphatic rings. The summed E-state index contributed by atoms with van der Waals surface area (Å²) in [6, 6.07) is 7.80. The highest BCUT2D eigenvalue weighted by Gasteiger charge is 2.42. The van der Waals surface area contributed by atoms with Gasteiger partial charge in [-0.25, -0.2) is 10.5 Å². The largest absolute Gasteiger partial charge is 0.366 e. The van der Waals surface area contributed by atoms with Gasteiger partial charge >= 0.3 is 0 Å². The van der Waals surface area contributed by atoms with E-state index in [-0.39, 0.29) is 11.4 Å². The number of hydrogen-bond acceptors (Lipinski definition) is 3. The quantitative estimate of drug-likeness (QED) is 0.407. The molecular weight excluding hydrogens is 202 g/mol. The maximum atomic E-state index is 6.69. The van der Waals surface area contributed by atoms with Gasteiger partial charge in [-0.3, -0.25) is 0 Å². The van der Waals surface area contributed by atoms with Gasteiger partial charge in [-0.15, -0.1) is 5.11 Å². The van der Waals surface area contributed by atoms with E-state index in [1.165, 1.54) is 5.56 Å². The van der Waals surface area contributed by atoms with Crippen molar-refractivity contribution in [2.45, 2.75) is 18.3 Å². The Kier molecular flexibility index (Phi) is 2.70. The van der Waals surface area contributed by atoms with Gasteiger partial charge in [0.15, 0.2) is 0 Å². The lowest BCUT2D eigenvalue weighted by Crippen LogP contribution is -2.19. The molecule has 2 rings (SSSR count). The van der Waals surface area contributed by atoms with Crippen LogP contribution in [0.15, 0.2) is 34.4 Å². The molecule has 84 valence electrons. The summed E-state index contributed by atoms with van der Waals surface area (Å²) in [6.45, 7) is 0.694. The van der Waals surface area contributed by atoms with Gasteiger partial charge in [0.1, 0.15) is 0 Å². The normalized spacial score (nSPS) is 18.2. The second-order valence-electron chi connectivity index (χ2n) is 4.11. The highest BCUT2D eigenvalue weighted by atomic mass is 15.1. The number of rotatable bonds is 3. The SMILES string of the molecule is N=NC(N)=Nc1ccc(C2(CN)CC2)cc1. The lowest BCUT2D eigenvalue weighted by atomic mass is 9.96. The van der Waals surface area contributed by atoms with E-state index >= 15 is 0 Å². The third kappa shape index (κ3) is 1.94. The summed E-state index contributed by atoms with van der Waals surface area (Å²) < 4.78 is 0. The molecule has 1 fully saturated rings. The number of aliphatic imine (C=N–C) groups is 1. The minimum atomic E-state index is -0.0345. The number of nitrogens with two attached hydrogens (primary N) is 2. The molecule has 16 heavy (non-hydrogen) atoms. The Morgan fingerprint density at radius 2 is 1.94 bits per heavy atom. The van der Waals surface area contributed by atoms with Gasteiger partial charge in [-0.2, -0.15) is 0 Å². The van der Waals surface area contributed by atoms with E-state index in [1.807, 2.05) is 24.3 Å². The summed E-state index contributed by atoms with van der Waals surface area (Å²) in [5, 5.41) is 3.04. The maximum absolute atomic E-state index is 6.69. The van der Waals surface area contributed by atoms with Gasteiger partial charge in [0.25, 0.3) is 0 Å². The predicted octanol–water partition coefficient (Wildman–Crippen LogP) is 1.65. The summed E-state index contributed by atoms with van der Waals surface area (Å²) in [5.74, 6) is -0.0345. The third-order valence-electron chi connectivity index (χ3n) is 3.08. The van der Waals surface area contributed by atoms with E-state index in [2.05, 4.69) is 10.1 Å². The molecule has 0 bridgehead atoms. The summed E-state index contributed by atoms with van der Waals surface area (Å²) in [5.41, 5.74) is 20.0. The first-order chi connectivity index (χ1) is 7.70. The average molecular weight is 217 g/mol. The van der Waals surface area contributed by atoms with Crippen molar-refractivity contribution in [2.24, 2.45) is 21.6 Å². The molecule has 1 aliphatic carbocycles. The number of nitrogens with one attached hydrogen (secondary N) is 1. The molecule has 0 radical (unpaired) electrons. The minimum absolute atomic E-state index is 0.0345. The summed E-state index contributed by atoms with van der Waals surface area (Å²) in [7, 11) is 0. The van der Waals surface area contributed by atoms with Gasteiger partial charge in [-0.05, 0) is 30.5 Å². The molecule has 0 aliphatic heterocycles. The van der Waals surface area contributed by atoms with Crippen molar-refractivity contribution < 1.29 is 0 Å². The van der Waals surface area contributed by atoms with Gasteiger partial charge in [-0.1, -0.05) is 12.1 Å². The van der Waals surface area contributed by atoms with E-state index in [4.69, 9.17) is 17.0 Å². The minimum Gasteiger partial charge on any atom is -0.366 e. The number of guanidine groups is 1. The molecule has 5 heteroatoms. The van der Waals surface area contributed by atoms with Crippen LogP contribution in [-0.2, 0) is 5.41 Å². The first kappa shape index (κ1) is 10.8. The fraction of sp³-hybridized carbons (Fsp3) is 0.364. The van der Waals surface area contributed by atoms with Crippen LogP contribution in [0.25, 0.3) is 0 Å². The zero-order chi connectivity index (χ0) is 11.6. The van der Waals surface area contributed by atoms with Gasteiger partial charge in [0, 0.05) is 12.0 Å². The van der Waals surface area contributed by atoms with Crippen LogP contribution < -0.4 is 11.5 Å². The Bertz CT molecular complexity index is 417. The van der Waals surface area contributed by atoms with E-state index < -0.39 is 0 Å². The molecule has 5 nitrogen and oxygen atoms in total. The van der Waals surface area contributed by atoms with E-state index in [0.717, 1.165) is 12.8 Å². The predicted molar refractivity (Wildman–Crippen MR) is 62.8 cm³/mol. The van der Waals surface area contributed by atoms with Gasteiger partial charge < -0.3 is 11.5 Å². The van der Waals surface area contributed by atoms with E-state index in [9.17, 15) is 0 Å². The van der Waals surface area contributed by atoms with Crippen LogP contribution in [0.1, 0.15) is 18.4 Å². The molecule has 1 aromatic carbocycles. The Balaban J connectivity index is 2.20. The van der Waals surface area contributed by atoms with Crippen molar-refractivity contribution in [1.29, 1.82) is 5.53 Å². The second-order valence-corrected chi connectivity index (χ2v) is 4.11. The van der Waals surface area contributed by atoms with Crippen molar-refractivity contribution >= 4 is 11.6 Å². The Morgan fingerprint density at radius 1 is 1.31 bits per heavy atom. The number of hydrogen-bond donors (Lipinski definition) is 3. The molecule has 1 saturated carbocycles. The lowest BCUT2D eigenvalue weighted by molar-refractivity contribution is 0.705. The molecule has 1 aromatic rings. The molecule has 0 atom stereocenters. The number of benzene rings is 1. The lowest BCUT2D eigenvalue weighted by Gasteiger charge is -2.12. The summed E-state index contributed by atoms with van der Waals surface area (Å²) in [6.07, 6.45) is 2.33. The van der Waals surface area contributed by atoms with Crippen LogP contribution in [0.5, 0.6) is 0 Å². The van der Waals surface area contributed by atoms with Crippen molar-refractivity contribution in [3.05, 3.63) is 29.8 Å². The van der Waals surface area contributed by atoms with Crippen molar-refractivity contribution in [2.75, 3.05) is 6.54 Å². The van der Waals surface area contributed by atoms with Crippen molar-refractivity contribution in [3.8, 4) is 0 Å². The molecule has 0 heterocycles. The van der Waals surface area contributed by atoms with Crippen LogP contribution in [0.2, 0.25) is 0 Å². The highest BCUT2D eigenvalue weighted by molar-refractivity contribution is 5.80. The molecule has 0 saturated heterocycles. The number of nitrogens with zero attached hydrogens (tertiary/aromatic N) is 2. The first-order valence-electron chi connectivity index (χ1n) is 5.22. The maximum Gasteiger partial charge on any atom is 0.239 e. The Hall–Kier alpha value is -1.75. The van der Waals surface area contributed by atoms with Crippen LogP contribution in [0.4, 0.5) is 5.69 Å². The fourth-order valence-corrected chi connectivity index (χ4v) is 1.81. The molecule has 0 spiro atoms. The van der Waals surface area contributed by atoms with Gasteiger partial charge in [0.05, 0.1) is 5.69 Å². The zero-order valence-corrected chi connectivity index (χ0v) is 8.98. The van der Waals surface area contributed by atoms with Crippen molar-refractivity contribution in [3.63, 3.8) is 0 Å². The standard InChI is InChI=1S/C11H15N5/c12-7-11(5-6-11)8-1-3-9(4-2-8)15-10(13)16-14/h1-4,14H,5-7,12H2,(H2,13,15). The Labute approximate surface area is 94.1 Å². The molecule has 0 unspecified atom stereocenters.